The molecule has 1 aliphatic carbocycles. The summed E-state index contributed by atoms with van der Waals surface area (Å²) in [6.45, 7) is 0. The van der Waals surface area contributed by atoms with Crippen LogP contribution in [0.25, 0.3) is 10.7 Å². The maximum atomic E-state index is 6.40. The van der Waals surface area contributed by atoms with Gasteiger partial charge in [-0.2, -0.15) is 0 Å². The third-order valence-electron chi connectivity index (χ3n) is 4.91. The van der Waals surface area contributed by atoms with Gasteiger partial charge < -0.3 is 13.7 Å². The van der Waals surface area contributed by atoms with Crippen LogP contribution in [0.4, 0.5) is 0 Å². The van der Waals surface area contributed by atoms with Crippen molar-refractivity contribution in [2.24, 2.45) is 0 Å². The molecule has 2 aliphatic heterocycles. The van der Waals surface area contributed by atoms with Gasteiger partial charge in [-0.3, -0.25) is 0 Å². The SMILES string of the molecule is COc1ccc(C2=C3CCC4=C(c5ccc(OC)cc5)SS(=C34)O2)cc1. The first-order valence-corrected chi connectivity index (χ1v) is 11.0. The highest BCUT2D eigenvalue weighted by Crippen LogP contribution is 2.63. The van der Waals surface area contributed by atoms with Gasteiger partial charge in [-0.15, -0.1) is 0 Å². The molecule has 5 rings (SSSR count). The first-order valence-electron chi connectivity index (χ1n) is 8.52. The van der Waals surface area contributed by atoms with Crippen molar-refractivity contribution in [3.05, 3.63) is 70.8 Å². The topological polar surface area (TPSA) is 27.7 Å². The minimum Gasteiger partial charge on any atom is -0.497 e. The Morgan fingerprint density at radius 3 is 2.00 bits per heavy atom. The van der Waals surface area contributed by atoms with Crippen LogP contribution in [0.15, 0.2) is 59.7 Å². The van der Waals surface area contributed by atoms with Crippen molar-refractivity contribution < 1.29 is 13.7 Å². The van der Waals surface area contributed by atoms with E-state index in [4.69, 9.17) is 13.7 Å². The van der Waals surface area contributed by atoms with Crippen LogP contribution in [-0.2, 0) is 4.18 Å². The van der Waals surface area contributed by atoms with Gasteiger partial charge in [0.1, 0.15) is 17.3 Å². The minimum absolute atomic E-state index is 0.218. The van der Waals surface area contributed by atoms with Crippen molar-refractivity contribution in [1.82, 2.24) is 0 Å². The fraction of sp³-hybridized carbons (Fsp3) is 0.190. The van der Waals surface area contributed by atoms with Crippen molar-refractivity contribution in [2.45, 2.75) is 12.8 Å². The van der Waals surface area contributed by atoms with Gasteiger partial charge in [-0.05, 0) is 71.2 Å². The van der Waals surface area contributed by atoms with E-state index >= 15 is 0 Å². The summed E-state index contributed by atoms with van der Waals surface area (Å²) in [4.78, 5) is 2.81. The van der Waals surface area contributed by atoms with Crippen molar-refractivity contribution in [1.29, 1.82) is 0 Å². The van der Waals surface area contributed by atoms with Crippen molar-refractivity contribution in [3.8, 4) is 11.5 Å². The Balaban J connectivity index is 1.50. The summed E-state index contributed by atoms with van der Waals surface area (Å²) < 4.78 is 16.9. The van der Waals surface area contributed by atoms with Crippen LogP contribution in [0.1, 0.15) is 24.0 Å². The van der Waals surface area contributed by atoms with Crippen LogP contribution in [0, 0.1) is 0 Å². The van der Waals surface area contributed by atoms with E-state index in [2.05, 4.69) is 24.3 Å². The van der Waals surface area contributed by atoms with Crippen LogP contribution in [-0.4, -0.2) is 19.1 Å². The summed E-state index contributed by atoms with van der Waals surface area (Å²) in [6, 6.07) is 16.5. The highest BCUT2D eigenvalue weighted by Gasteiger charge is 2.40. The lowest BCUT2D eigenvalue weighted by Gasteiger charge is -2.10. The number of hydrogen-bond donors (Lipinski definition) is 0. The highest BCUT2D eigenvalue weighted by molar-refractivity contribution is 8.86. The van der Waals surface area contributed by atoms with Crippen LogP contribution < -0.4 is 9.47 Å². The van der Waals surface area contributed by atoms with Gasteiger partial charge in [-0.25, -0.2) is 0 Å². The monoisotopic (exact) mass is 382 g/mol. The van der Waals surface area contributed by atoms with E-state index in [0.29, 0.717) is 0 Å². The number of rotatable bonds is 4. The molecule has 3 nitrogen and oxygen atoms in total. The molecule has 2 aromatic rings. The second-order valence-corrected chi connectivity index (χ2v) is 9.33. The van der Waals surface area contributed by atoms with E-state index in [0.717, 1.165) is 35.7 Å². The van der Waals surface area contributed by atoms with Gasteiger partial charge in [-0.1, -0.05) is 12.1 Å². The Morgan fingerprint density at radius 1 is 0.808 bits per heavy atom. The predicted molar refractivity (Wildman–Crippen MR) is 110 cm³/mol. The van der Waals surface area contributed by atoms with E-state index in [-0.39, 0.29) is 9.80 Å². The van der Waals surface area contributed by atoms with Gasteiger partial charge in [0.05, 0.1) is 28.9 Å². The second-order valence-electron chi connectivity index (χ2n) is 6.30. The summed E-state index contributed by atoms with van der Waals surface area (Å²) in [5.74, 6) is 2.82. The van der Waals surface area contributed by atoms with E-state index in [1.165, 1.54) is 26.5 Å². The zero-order chi connectivity index (χ0) is 17.7. The third kappa shape index (κ3) is 2.42. The number of allylic oxidation sites excluding steroid dienone is 2. The molecule has 1 fully saturated rings. The molecular weight excluding hydrogens is 364 g/mol. The smallest absolute Gasteiger partial charge is 0.149 e. The Morgan fingerprint density at radius 2 is 1.38 bits per heavy atom. The minimum atomic E-state index is -0.218. The quantitative estimate of drug-likeness (QED) is 0.503. The standard InChI is InChI=1S/C21H18O3S2/c1-22-15-7-3-13(4-8-15)19-17-11-12-18-20(25-26(24-19)21(17)18)14-5-9-16(23-2)10-6-14/h3-10H,11-12H2,1-2H3. The zero-order valence-electron chi connectivity index (χ0n) is 14.6. The number of methoxy groups -OCH3 is 2. The average molecular weight is 383 g/mol. The average Bonchev–Trinajstić information content (AvgIpc) is 3.37. The van der Waals surface area contributed by atoms with Crippen LogP contribution in [0.2, 0.25) is 0 Å². The summed E-state index contributed by atoms with van der Waals surface area (Å²) in [5.41, 5.74) is 5.27. The molecule has 5 heteroatoms. The van der Waals surface area contributed by atoms with Gasteiger partial charge in [0.15, 0.2) is 0 Å². The predicted octanol–water partition coefficient (Wildman–Crippen LogP) is 5.67. The summed E-state index contributed by atoms with van der Waals surface area (Å²) in [5, 5.41) is 0. The second kappa shape index (κ2) is 6.25. The normalized spacial score (nSPS) is 20.5. The lowest BCUT2D eigenvalue weighted by atomic mass is 10.1. The first kappa shape index (κ1) is 16.1. The number of hydrogen-bond acceptors (Lipinski definition) is 4. The van der Waals surface area contributed by atoms with Crippen LogP contribution >= 0.6 is 20.6 Å². The van der Waals surface area contributed by atoms with Crippen molar-refractivity contribution in [2.75, 3.05) is 14.2 Å². The molecule has 3 aliphatic rings. The van der Waals surface area contributed by atoms with Crippen LogP contribution in [0.3, 0.4) is 0 Å². The highest BCUT2D eigenvalue weighted by atomic mass is 33.1. The molecule has 1 atom stereocenters. The molecule has 0 N–H and O–H groups in total. The maximum Gasteiger partial charge on any atom is 0.149 e. The van der Waals surface area contributed by atoms with Gasteiger partial charge in [0.25, 0.3) is 0 Å². The zero-order valence-corrected chi connectivity index (χ0v) is 16.2. The molecule has 0 aromatic heterocycles. The molecule has 1 unspecified atom stereocenters. The third-order valence-corrected chi connectivity index (χ3v) is 8.51. The number of benzene rings is 2. The first-order chi connectivity index (χ1) is 12.8. The fourth-order valence-electron chi connectivity index (χ4n) is 3.58. The molecule has 2 heterocycles. The number of ether oxygens (including phenoxy) is 2. The molecule has 1 saturated carbocycles. The molecule has 0 bridgehead atoms. The van der Waals surface area contributed by atoms with Gasteiger partial charge >= 0.3 is 0 Å². The lowest BCUT2D eigenvalue weighted by molar-refractivity contribution is 0.414. The summed E-state index contributed by atoms with van der Waals surface area (Å²) in [6.07, 6.45) is 2.17. The van der Waals surface area contributed by atoms with Gasteiger partial charge in [0.2, 0.25) is 0 Å². The Hall–Kier alpha value is -2.11. The van der Waals surface area contributed by atoms with Gasteiger partial charge in [0, 0.05) is 16.0 Å². The molecule has 0 amide bonds. The fourth-order valence-corrected chi connectivity index (χ4v) is 7.88. The molecular formula is C21H18O3S2. The molecule has 0 radical (unpaired) electrons. The summed E-state index contributed by atoms with van der Waals surface area (Å²) >= 11 is 0. The molecule has 2 aromatic carbocycles. The molecule has 26 heavy (non-hydrogen) atoms. The molecule has 0 saturated heterocycles. The maximum absolute atomic E-state index is 6.40. The van der Waals surface area contributed by atoms with E-state index < -0.39 is 0 Å². The van der Waals surface area contributed by atoms with E-state index in [1.54, 1.807) is 14.2 Å². The molecule has 0 spiro atoms. The van der Waals surface area contributed by atoms with E-state index in [9.17, 15) is 0 Å². The molecule has 132 valence electrons. The summed E-state index contributed by atoms with van der Waals surface area (Å²) in [7, 11) is 5.03. The van der Waals surface area contributed by atoms with Crippen molar-refractivity contribution in [3.63, 3.8) is 0 Å². The Labute approximate surface area is 159 Å². The lowest BCUT2D eigenvalue weighted by Crippen LogP contribution is -1.94. The Kier molecular flexibility index (Phi) is 3.87. The van der Waals surface area contributed by atoms with E-state index in [1.807, 2.05) is 35.1 Å². The van der Waals surface area contributed by atoms with Crippen LogP contribution in [0.5, 0.6) is 11.5 Å². The largest absolute Gasteiger partial charge is 0.497 e. The van der Waals surface area contributed by atoms with Crippen molar-refractivity contribution >= 4 is 36.1 Å². The Bertz CT molecular complexity index is 903.